The molecule has 0 aromatic carbocycles. The Morgan fingerprint density at radius 1 is 1.42 bits per heavy atom. The zero-order valence-electron chi connectivity index (χ0n) is 11.9. The molecule has 1 aliphatic rings. The minimum Gasteiger partial charge on any atom is -0.327 e. The van der Waals surface area contributed by atoms with Crippen molar-refractivity contribution >= 4 is 22.9 Å². The number of thiophene rings is 1. The predicted molar refractivity (Wildman–Crippen MR) is 84.8 cm³/mol. The van der Waals surface area contributed by atoms with Crippen LogP contribution in [0.25, 0.3) is 0 Å². The van der Waals surface area contributed by atoms with E-state index in [0.717, 1.165) is 23.3 Å². The van der Waals surface area contributed by atoms with E-state index in [1.807, 2.05) is 6.07 Å². The molecule has 3 unspecified atom stereocenters. The Kier molecular flexibility index (Phi) is 5.70. The van der Waals surface area contributed by atoms with Crippen molar-refractivity contribution in [1.82, 2.24) is 4.90 Å². The first-order valence-electron chi connectivity index (χ1n) is 7.26. The molecule has 0 radical (unpaired) electrons. The molecule has 1 heterocycles. The van der Waals surface area contributed by atoms with Crippen LogP contribution in [-0.4, -0.2) is 24.5 Å². The highest BCUT2D eigenvalue weighted by Gasteiger charge is 2.28. The van der Waals surface area contributed by atoms with Gasteiger partial charge in [-0.3, -0.25) is 0 Å². The number of rotatable bonds is 5. The van der Waals surface area contributed by atoms with Crippen molar-refractivity contribution in [3.8, 4) is 0 Å². The van der Waals surface area contributed by atoms with E-state index in [1.54, 1.807) is 11.3 Å². The second-order valence-electron chi connectivity index (χ2n) is 5.91. The van der Waals surface area contributed by atoms with E-state index in [4.69, 9.17) is 17.3 Å². The molecule has 2 nitrogen and oxygen atoms in total. The molecule has 1 aromatic rings. The number of hydrogen-bond acceptors (Lipinski definition) is 3. The van der Waals surface area contributed by atoms with Gasteiger partial charge >= 0.3 is 0 Å². The molecule has 108 valence electrons. The van der Waals surface area contributed by atoms with Crippen LogP contribution in [0.2, 0.25) is 4.34 Å². The van der Waals surface area contributed by atoms with Crippen molar-refractivity contribution in [2.24, 2.45) is 17.6 Å². The first kappa shape index (κ1) is 15.3. The Morgan fingerprint density at radius 2 is 2.21 bits per heavy atom. The summed E-state index contributed by atoms with van der Waals surface area (Å²) in [5, 5.41) is 0. The maximum absolute atomic E-state index is 6.30. The standard InChI is InChI=1S/C15H25ClN2S/c1-3-11-4-6-14(17)12(8-11)9-18(2)10-13-5-7-15(16)19-13/h5,7,11-12,14H,3-4,6,8-10,17H2,1-2H3. The van der Waals surface area contributed by atoms with Crippen LogP contribution in [-0.2, 0) is 6.54 Å². The normalized spacial score (nSPS) is 27.9. The van der Waals surface area contributed by atoms with Gasteiger partial charge in [0.1, 0.15) is 0 Å². The summed E-state index contributed by atoms with van der Waals surface area (Å²) in [4.78, 5) is 3.73. The zero-order valence-corrected chi connectivity index (χ0v) is 13.5. The molecule has 0 bridgehead atoms. The monoisotopic (exact) mass is 300 g/mol. The van der Waals surface area contributed by atoms with E-state index in [1.165, 1.54) is 30.6 Å². The Balaban J connectivity index is 1.84. The molecule has 2 N–H and O–H groups in total. The van der Waals surface area contributed by atoms with Crippen LogP contribution in [0, 0.1) is 11.8 Å². The Labute approximate surface area is 125 Å². The average Bonchev–Trinajstić information content (AvgIpc) is 2.77. The van der Waals surface area contributed by atoms with Gasteiger partial charge in [0.2, 0.25) is 0 Å². The van der Waals surface area contributed by atoms with Crippen molar-refractivity contribution in [3.05, 3.63) is 21.3 Å². The van der Waals surface area contributed by atoms with Crippen molar-refractivity contribution in [1.29, 1.82) is 0 Å². The average molecular weight is 301 g/mol. The highest BCUT2D eigenvalue weighted by atomic mass is 35.5. The third-order valence-electron chi connectivity index (χ3n) is 4.33. The lowest BCUT2D eigenvalue weighted by molar-refractivity contribution is 0.169. The van der Waals surface area contributed by atoms with Gasteiger partial charge in [-0.1, -0.05) is 24.9 Å². The van der Waals surface area contributed by atoms with Gasteiger partial charge in [-0.15, -0.1) is 11.3 Å². The highest BCUT2D eigenvalue weighted by Crippen LogP contribution is 2.31. The minimum atomic E-state index is 0.386. The summed E-state index contributed by atoms with van der Waals surface area (Å²) in [6, 6.07) is 4.49. The van der Waals surface area contributed by atoms with Gasteiger partial charge in [0.05, 0.1) is 4.34 Å². The molecule has 0 spiro atoms. The molecule has 1 aliphatic carbocycles. The van der Waals surface area contributed by atoms with Crippen LogP contribution in [0.3, 0.4) is 0 Å². The summed E-state index contributed by atoms with van der Waals surface area (Å²) in [6.45, 7) is 4.39. The molecule has 4 heteroatoms. The minimum absolute atomic E-state index is 0.386. The molecule has 19 heavy (non-hydrogen) atoms. The van der Waals surface area contributed by atoms with Crippen LogP contribution in [0.4, 0.5) is 0 Å². The van der Waals surface area contributed by atoms with Gasteiger partial charge in [0, 0.05) is 24.0 Å². The lowest BCUT2D eigenvalue weighted by Crippen LogP contribution is -2.41. The van der Waals surface area contributed by atoms with Gasteiger partial charge < -0.3 is 10.6 Å². The molecule has 1 fully saturated rings. The molecule has 0 saturated heterocycles. The van der Waals surface area contributed by atoms with Crippen molar-refractivity contribution in [3.63, 3.8) is 0 Å². The molecular weight excluding hydrogens is 276 g/mol. The van der Waals surface area contributed by atoms with Crippen LogP contribution in [0.1, 0.15) is 37.5 Å². The third kappa shape index (κ3) is 4.45. The molecular formula is C15H25ClN2S. The summed E-state index contributed by atoms with van der Waals surface area (Å²) < 4.78 is 0.879. The molecule has 1 saturated carbocycles. The first-order chi connectivity index (χ1) is 9.08. The number of halogens is 1. The Hall–Kier alpha value is -0.0900. The summed E-state index contributed by atoms with van der Waals surface area (Å²) in [5.41, 5.74) is 6.30. The summed E-state index contributed by atoms with van der Waals surface area (Å²) in [6.07, 6.45) is 5.11. The van der Waals surface area contributed by atoms with Crippen LogP contribution in [0.5, 0.6) is 0 Å². The van der Waals surface area contributed by atoms with Crippen LogP contribution >= 0.6 is 22.9 Å². The number of hydrogen-bond donors (Lipinski definition) is 1. The lowest BCUT2D eigenvalue weighted by atomic mass is 9.77. The summed E-state index contributed by atoms with van der Waals surface area (Å²) in [7, 11) is 2.19. The highest BCUT2D eigenvalue weighted by molar-refractivity contribution is 7.16. The van der Waals surface area contributed by atoms with Gasteiger partial charge in [-0.2, -0.15) is 0 Å². The van der Waals surface area contributed by atoms with Gasteiger partial charge in [-0.25, -0.2) is 0 Å². The fraction of sp³-hybridized carbons (Fsp3) is 0.733. The van der Waals surface area contributed by atoms with E-state index >= 15 is 0 Å². The number of nitrogens with two attached hydrogens (primary N) is 1. The fourth-order valence-corrected chi connectivity index (χ4v) is 4.30. The number of nitrogens with zero attached hydrogens (tertiary/aromatic N) is 1. The zero-order chi connectivity index (χ0) is 13.8. The van der Waals surface area contributed by atoms with E-state index in [-0.39, 0.29) is 0 Å². The van der Waals surface area contributed by atoms with Crippen molar-refractivity contribution in [2.75, 3.05) is 13.6 Å². The Bertz CT molecular complexity index is 393. The van der Waals surface area contributed by atoms with Gasteiger partial charge in [0.15, 0.2) is 0 Å². The van der Waals surface area contributed by atoms with Crippen LogP contribution in [0.15, 0.2) is 12.1 Å². The first-order valence-corrected chi connectivity index (χ1v) is 8.46. The molecule has 0 aliphatic heterocycles. The predicted octanol–water partition coefficient (Wildman–Crippen LogP) is 3.99. The van der Waals surface area contributed by atoms with Crippen molar-refractivity contribution < 1.29 is 0 Å². The van der Waals surface area contributed by atoms with Crippen molar-refractivity contribution in [2.45, 2.75) is 45.2 Å². The Morgan fingerprint density at radius 3 is 2.84 bits per heavy atom. The molecule has 3 atom stereocenters. The third-order valence-corrected chi connectivity index (χ3v) is 5.54. The molecule has 2 rings (SSSR count). The lowest BCUT2D eigenvalue weighted by Gasteiger charge is -2.36. The van der Waals surface area contributed by atoms with E-state index in [2.05, 4.69) is 24.9 Å². The van der Waals surface area contributed by atoms with Gasteiger partial charge in [-0.05, 0) is 50.3 Å². The van der Waals surface area contributed by atoms with Crippen LogP contribution < -0.4 is 5.73 Å². The molecule has 0 amide bonds. The summed E-state index contributed by atoms with van der Waals surface area (Å²) in [5.74, 6) is 1.54. The maximum Gasteiger partial charge on any atom is 0.0931 e. The second-order valence-corrected chi connectivity index (χ2v) is 7.71. The van der Waals surface area contributed by atoms with E-state index in [0.29, 0.717) is 12.0 Å². The fourth-order valence-electron chi connectivity index (χ4n) is 3.13. The SMILES string of the molecule is CCC1CCC(N)C(CN(C)Cc2ccc(Cl)s2)C1. The van der Waals surface area contributed by atoms with Gasteiger partial charge in [0.25, 0.3) is 0 Å². The second kappa shape index (κ2) is 7.07. The maximum atomic E-state index is 6.30. The topological polar surface area (TPSA) is 29.3 Å². The largest absolute Gasteiger partial charge is 0.327 e. The smallest absolute Gasteiger partial charge is 0.0931 e. The summed E-state index contributed by atoms with van der Waals surface area (Å²) >= 11 is 7.65. The quantitative estimate of drug-likeness (QED) is 0.891. The molecule has 1 aromatic heterocycles. The van der Waals surface area contributed by atoms with E-state index in [9.17, 15) is 0 Å². The van der Waals surface area contributed by atoms with E-state index < -0.39 is 0 Å².